The van der Waals surface area contributed by atoms with Gasteiger partial charge in [-0.1, -0.05) is 0 Å². The monoisotopic (exact) mass is 242 g/mol. The van der Waals surface area contributed by atoms with Crippen LogP contribution >= 0.6 is 0 Å². The fourth-order valence-electron chi connectivity index (χ4n) is 1.68. The predicted molar refractivity (Wildman–Crippen MR) is 68.5 cm³/mol. The Labute approximate surface area is 105 Å². The Morgan fingerprint density at radius 1 is 1.22 bits per heavy atom. The van der Waals surface area contributed by atoms with E-state index < -0.39 is 0 Å². The van der Waals surface area contributed by atoms with Gasteiger partial charge in [-0.15, -0.1) is 0 Å². The van der Waals surface area contributed by atoms with Crippen molar-refractivity contribution in [2.75, 3.05) is 12.4 Å². The molecule has 0 bridgehead atoms. The van der Waals surface area contributed by atoms with Gasteiger partial charge in [-0.2, -0.15) is 0 Å². The van der Waals surface area contributed by atoms with Gasteiger partial charge >= 0.3 is 0 Å². The van der Waals surface area contributed by atoms with E-state index >= 15 is 0 Å². The van der Waals surface area contributed by atoms with Crippen molar-refractivity contribution in [2.24, 2.45) is 0 Å². The second kappa shape index (κ2) is 4.60. The Kier molecular flexibility index (Phi) is 2.80. The highest BCUT2D eigenvalue weighted by Crippen LogP contribution is 2.25. The van der Waals surface area contributed by atoms with E-state index in [9.17, 15) is 0 Å². The molecule has 2 heterocycles. The van der Waals surface area contributed by atoms with E-state index in [0.717, 1.165) is 17.1 Å². The molecule has 0 aliphatic heterocycles. The summed E-state index contributed by atoms with van der Waals surface area (Å²) in [5, 5.41) is 3.35. The topological polar surface area (TPSA) is 59.9 Å². The molecule has 0 saturated heterocycles. The molecule has 92 valence electrons. The number of ether oxygens (including phenoxy) is 1. The van der Waals surface area contributed by atoms with Crippen molar-refractivity contribution < 1.29 is 4.74 Å². The molecule has 5 heteroatoms. The molecule has 0 spiro atoms. The van der Waals surface area contributed by atoms with Crippen molar-refractivity contribution in [1.82, 2.24) is 15.0 Å². The van der Waals surface area contributed by atoms with Crippen LogP contribution in [0.5, 0.6) is 5.88 Å². The number of rotatable bonds is 4. The van der Waals surface area contributed by atoms with Crippen molar-refractivity contribution in [3.8, 4) is 17.1 Å². The van der Waals surface area contributed by atoms with Crippen molar-refractivity contribution >= 4 is 5.82 Å². The summed E-state index contributed by atoms with van der Waals surface area (Å²) in [6, 6.07) is 6.30. The Morgan fingerprint density at radius 2 is 2.11 bits per heavy atom. The number of methoxy groups -OCH3 is 1. The van der Waals surface area contributed by atoms with Crippen molar-refractivity contribution in [3.05, 3.63) is 30.7 Å². The maximum Gasteiger partial charge on any atom is 0.212 e. The largest absolute Gasteiger partial charge is 0.481 e. The van der Waals surface area contributed by atoms with Gasteiger partial charge < -0.3 is 10.1 Å². The molecular formula is C13H14N4O. The van der Waals surface area contributed by atoms with Gasteiger partial charge in [0.2, 0.25) is 5.88 Å². The first kappa shape index (κ1) is 11.0. The van der Waals surface area contributed by atoms with E-state index in [1.54, 1.807) is 19.6 Å². The van der Waals surface area contributed by atoms with Gasteiger partial charge in [0.15, 0.2) is 0 Å². The highest BCUT2D eigenvalue weighted by molar-refractivity contribution is 5.61. The minimum absolute atomic E-state index is 0.585. The highest BCUT2D eigenvalue weighted by Gasteiger charge is 2.21. The maximum absolute atomic E-state index is 5.03. The maximum atomic E-state index is 5.03. The third kappa shape index (κ3) is 2.40. The van der Waals surface area contributed by atoms with Crippen LogP contribution in [-0.2, 0) is 0 Å². The minimum atomic E-state index is 0.585. The average molecular weight is 242 g/mol. The summed E-state index contributed by atoms with van der Waals surface area (Å²) in [7, 11) is 1.60. The van der Waals surface area contributed by atoms with Crippen LogP contribution in [0.15, 0.2) is 30.7 Å². The van der Waals surface area contributed by atoms with E-state index in [1.807, 2.05) is 18.2 Å². The Balaban J connectivity index is 1.84. The van der Waals surface area contributed by atoms with E-state index in [0.29, 0.717) is 11.9 Å². The first-order valence-corrected chi connectivity index (χ1v) is 5.94. The second-order valence-electron chi connectivity index (χ2n) is 4.30. The Bertz CT molecular complexity index is 537. The van der Waals surface area contributed by atoms with Gasteiger partial charge in [-0.05, 0) is 18.9 Å². The molecule has 18 heavy (non-hydrogen) atoms. The van der Waals surface area contributed by atoms with Crippen LogP contribution in [0.4, 0.5) is 5.82 Å². The lowest BCUT2D eigenvalue weighted by molar-refractivity contribution is 0.398. The van der Waals surface area contributed by atoms with Crippen molar-refractivity contribution in [2.45, 2.75) is 18.9 Å². The van der Waals surface area contributed by atoms with Crippen LogP contribution in [-0.4, -0.2) is 28.1 Å². The minimum Gasteiger partial charge on any atom is -0.481 e. The summed E-state index contributed by atoms with van der Waals surface area (Å²) in [6.07, 6.45) is 5.78. The zero-order valence-corrected chi connectivity index (χ0v) is 10.1. The SMILES string of the molecule is COc1ccc(-c2cc(NC3CC3)ncn2)cn1. The Morgan fingerprint density at radius 3 is 2.78 bits per heavy atom. The molecule has 5 nitrogen and oxygen atoms in total. The molecule has 0 aromatic carbocycles. The van der Waals surface area contributed by atoms with Gasteiger partial charge in [0.05, 0.1) is 12.8 Å². The first-order chi connectivity index (χ1) is 8.85. The quantitative estimate of drug-likeness (QED) is 0.889. The normalized spacial score (nSPS) is 14.3. The third-order valence-electron chi connectivity index (χ3n) is 2.84. The molecule has 3 rings (SSSR count). The first-order valence-electron chi connectivity index (χ1n) is 5.94. The summed E-state index contributed by atoms with van der Waals surface area (Å²) in [5.74, 6) is 1.47. The molecule has 2 aromatic rings. The van der Waals surface area contributed by atoms with Gasteiger partial charge in [-0.3, -0.25) is 0 Å². The number of hydrogen-bond donors (Lipinski definition) is 1. The van der Waals surface area contributed by atoms with Crippen LogP contribution in [0.25, 0.3) is 11.3 Å². The van der Waals surface area contributed by atoms with Crippen molar-refractivity contribution in [1.29, 1.82) is 0 Å². The number of aromatic nitrogens is 3. The van der Waals surface area contributed by atoms with Crippen molar-refractivity contribution in [3.63, 3.8) is 0 Å². The van der Waals surface area contributed by atoms with Crippen LogP contribution in [0.3, 0.4) is 0 Å². The van der Waals surface area contributed by atoms with Crippen LogP contribution < -0.4 is 10.1 Å². The fraction of sp³-hybridized carbons (Fsp3) is 0.308. The molecule has 1 fully saturated rings. The van der Waals surface area contributed by atoms with E-state index in [4.69, 9.17) is 4.74 Å². The highest BCUT2D eigenvalue weighted by atomic mass is 16.5. The summed E-state index contributed by atoms with van der Waals surface area (Å²) >= 11 is 0. The van der Waals surface area contributed by atoms with Gasteiger partial charge in [-0.25, -0.2) is 15.0 Å². The van der Waals surface area contributed by atoms with Crippen LogP contribution in [0.2, 0.25) is 0 Å². The molecule has 0 atom stereocenters. The van der Waals surface area contributed by atoms with Gasteiger partial charge in [0, 0.05) is 29.9 Å². The number of nitrogens with zero attached hydrogens (tertiary/aromatic N) is 3. The lowest BCUT2D eigenvalue weighted by Gasteiger charge is -2.05. The van der Waals surface area contributed by atoms with Crippen LogP contribution in [0, 0.1) is 0 Å². The summed E-state index contributed by atoms with van der Waals surface area (Å²) in [6.45, 7) is 0. The zero-order chi connectivity index (χ0) is 12.4. The standard InChI is InChI=1S/C13H14N4O/c1-18-13-5-2-9(7-14-13)11-6-12(16-8-15-11)17-10-3-4-10/h2,5-8,10H,3-4H2,1H3,(H,15,16,17). The third-order valence-corrected chi connectivity index (χ3v) is 2.84. The summed E-state index contributed by atoms with van der Waals surface area (Å²) in [5.41, 5.74) is 1.82. The molecular weight excluding hydrogens is 228 g/mol. The molecule has 1 aliphatic carbocycles. The average Bonchev–Trinajstić information content (AvgIpc) is 3.23. The van der Waals surface area contributed by atoms with Gasteiger partial charge in [0.1, 0.15) is 12.1 Å². The summed E-state index contributed by atoms with van der Waals surface area (Å²) in [4.78, 5) is 12.6. The predicted octanol–water partition coefficient (Wildman–Crippen LogP) is 2.12. The number of anilines is 1. The fourth-order valence-corrected chi connectivity index (χ4v) is 1.68. The summed E-state index contributed by atoms with van der Waals surface area (Å²) < 4.78 is 5.03. The van der Waals surface area contributed by atoms with Crippen LogP contribution in [0.1, 0.15) is 12.8 Å². The van der Waals surface area contributed by atoms with Gasteiger partial charge in [0.25, 0.3) is 0 Å². The lowest BCUT2D eigenvalue weighted by atomic mass is 10.2. The molecule has 1 aliphatic rings. The number of nitrogens with one attached hydrogen (secondary N) is 1. The van der Waals surface area contributed by atoms with E-state index in [-0.39, 0.29) is 0 Å². The molecule has 1 N–H and O–H groups in total. The molecule has 0 unspecified atom stereocenters. The van der Waals surface area contributed by atoms with E-state index in [2.05, 4.69) is 20.3 Å². The molecule has 0 radical (unpaired) electrons. The smallest absolute Gasteiger partial charge is 0.212 e. The zero-order valence-electron chi connectivity index (χ0n) is 10.1. The van der Waals surface area contributed by atoms with E-state index in [1.165, 1.54) is 12.8 Å². The number of pyridine rings is 1. The lowest BCUT2D eigenvalue weighted by Crippen LogP contribution is -2.03. The second-order valence-corrected chi connectivity index (χ2v) is 4.30. The number of hydrogen-bond acceptors (Lipinski definition) is 5. The molecule has 2 aromatic heterocycles. The molecule has 0 amide bonds. The Hall–Kier alpha value is -2.17. The molecule has 1 saturated carbocycles.